The van der Waals surface area contributed by atoms with Crippen molar-refractivity contribution in [3.8, 4) is 0 Å². The summed E-state index contributed by atoms with van der Waals surface area (Å²) in [5.74, 6) is 0.992. The van der Waals surface area contributed by atoms with Gasteiger partial charge in [-0.05, 0) is 31.9 Å². The van der Waals surface area contributed by atoms with Crippen LogP contribution in [-0.4, -0.2) is 11.2 Å². The van der Waals surface area contributed by atoms with Crippen molar-refractivity contribution >= 4 is 0 Å². The van der Waals surface area contributed by atoms with Crippen molar-refractivity contribution in [3.05, 3.63) is 23.7 Å². The number of hydrogen-bond acceptors (Lipinski definition) is 2. The van der Waals surface area contributed by atoms with Crippen LogP contribution in [0.2, 0.25) is 0 Å². The van der Waals surface area contributed by atoms with Crippen molar-refractivity contribution in [2.75, 3.05) is 0 Å². The van der Waals surface area contributed by atoms with Crippen molar-refractivity contribution in [2.45, 2.75) is 32.8 Å². The lowest BCUT2D eigenvalue weighted by atomic mass is 10.1. The first-order valence-corrected chi connectivity index (χ1v) is 3.91. The number of furan rings is 1. The minimum Gasteiger partial charge on any atom is -0.469 e. The first kappa shape index (κ1) is 8.34. The molecule has 0 aromatic carbocycles. The van der Waals surface area contributed by atoms with E-state index in [9.17, 15) is 0 Å². The van der Waals surface area contributed by atoms with Gasteiger partial charge >= 0.3 is 0 Å². The summed E-state index contributed by atoms with van der Waals surface area (Å²) in [6, 6.07) is 1.94. The van der Waals surface area contributed by atoms with Crippen molar-refractivity contribution in [2.24, 2.45) is 0 Å². The maximum Gasteiger partial charge on any atom is 0.106 e. The van der Waals surface area contributed by atoms with E-state index in [0.29, 0.717) is 0 Å². The average molecular weight is 154 g/mol. The van der Waals surface area contributed by atoms with Gasteiger partial charge in [0.1, 0.15) is 5.76 Å². The number of aliphatic hydroxyl groups is 1. The molecule has 0 aliphatic carbocycles. The lowest BCUT2D eigenvalue weighted by Gasteiger charge is -2.01. The van der Waals surface area contributed by atoms with Crippen LogP contribution in [0.1, 0.15) is 24.7 Å². The molecule has 1 aromatic rings. The zero-order chi connectivity index (χ0) is 8.27. The van der Waals surface area contributed by atoms with Crippen molar-refractivity contribution < 1.29 is 9.52 Å². The summed E-state index contributed by atoms with van der Waals surface area (Å²) >= 11 is 0. The summed E-state index contributed by atoms with van der Waals surface area (Å²) in [7, 11) is 0. The predicted octanol–water partition coefficient (Wildman–Crippen LogP) is 1.90. The molecule has 0 aliphatic rings. The van der Waals surface area contributed by atoms with E-state index in [1.807, 2.05) is 13.0 Å². The van der Waals surface area contributed by atoms with Gasteiger partial charge in [-0.3, -0.25) is 0 Å². The smallest absolute Gasteiger partial charge is 0.106 e. The molecular weight excluding hydrogens is 140 g/mol. The SMILES string of the molecule is Cc1ccoc1CCC(C)O. The molecule has 2 heteroatoms. The molecule has 0 radical (unpaired) electrons. The van der Waals surface area contributed by atoms with Gasteiger partial charge in [0.15, 0.2) is 0 Å². The molecule has 0 spiro atoms. The molecule has 0 bridgehead atoms. The molecule has 1 N–H and O–H groups in total. The Morgan fingerprint density at radius 3 is 2.82 bits per heavy atom. The number of aryl methyl sites for hydroxylation is 2. The Morgan fingerprint density at radius 2 is 2.36 bits per heavy atom. The summed E-state index contributed by atoms with van der Waals surface area (Å²) < 4.78 is 5.20. The van der Waals surface area contributed by atoms with Gasteiger partial charge in [0.05, 0.1) is 12.4 Å². The summed E-state index contributed by atoms with van der Waals surface area (Å²) in [5.41, 5.74) is 1.17. The molecule has 2 nitrogen and oxygen atoms in total. The van der Waals surface area contributed by atoms with Gasteiger partial charge < -0.3 is 9.52 Å². The summed E-state index contributed by atoms with van der Waals surface area (Å²) in [5, 5.41) is 9.00. The quantitative estimate of drug-likeness (QED) is 0.721. The second-order valence-electron chi connectivity index (χ2n) is 2.91. The van der Waals surface area contributed by atoms with Crippen LogP contribution in [0.5, 0.6) is 0 Å². The van der Waals surface area contributed by atoms with Crippen LogP contribution >= 0.6 is 0 Å². The first-order valence-electron chi connectivity index (χ1n) is 3.91. The normalized spacial score (nSPS) is 13.4. The Labute approximate surface area is 66.8 Å². The van der Waals surface area contributed by atoms with Gasteiger partial charge in [-0.15, -0.1) is 0 Å². The summed E-state index contributed by atoms with van der Waals surface area (Å²) in [6.45, 7) is 3.80. The monoisotopic (exact) mass is 154 g/mol. The molecule has 1 heterocycles. The predicted molar refractivity (Wildman–Crippen MR) is 43.4 cm³/mol. The van der Waals surface area contributed by atoms with Crippen molar-refractivity contribution in [1.29, 1.82) is 0 Å². The maximum atomic E-state index is 9.00. The number of rotatable bonds is 3. The fourth-order valence-electron chi connectivity index (χ4n) is 1.00. The molecule has 1 atom stereocenters. The Kier molecular flexibility index (Phi) is 2.71. The Morgan fingerprint density at radius 1 is 1.64 bits per heavy atom. The van der Waals surface area contributed by atoms with Gasteiger partial charge in [0.25, 0.3) is 0 Å². The van der Waals surface area contributed by atoms with Crippen LogP contribution in [0.3, 0.4) is 0 Å². The lowest BCUT2D eigenvalue weighted by Crippen LogP contribution is -2.01. The second kappa shape index (κ2) is 3.58. The molecule has 0 amide bonds. The Hall–Kier alpha value is -0.760. The molecular formula is C9H14O2. The first-order chi connectivity index (χ1) is 5.20. The van der Waals surface area contributed by atoms with E-state index in [1.54, 1.807) is 13.2 Å². The van der Waals surface area contributed by atoms with Crippen LogP contribution in [0.4, 0.5) is 0 Å². The molecule has 0 saturated heterocycles. The van der Waals surface area contributed by atoms with E-state index in [0.717, 1.165) is 18.6 Å². The topological polar surface area (TPSA) is 33.4 Å². The molecule has 1 unspecified atom stereocenters. The van der Waals surface area contributed by atoms with Gasteiger partial charge in [-0.1, -0.05) is 0 Å². The molecule has 0 aliphatic heterocycles. The van der Waals surface area contributed by atoms with E-state index in [2.05, 4.69) is 0 Å². The van der Waals surface area contributed by atoms with Crippen LogP contribution in [0, 0.1) is 6.92 Å². The molecule has 0 saturated carbocycles. The van der Waals surface area contributed by atoms with E-state index in [4.69, 9.17) is 9.52 Å². The Balaban J connectivity index is 2.44. The third-order valence-corrected chi connectivity index (χ3v) is 1.76. The highest BCUT2D eigenvalue weighted by Crippen LogP contribution is 2.11. The molecule has 1 rings (SSSR count). The molecule has 11 heavy (non-hydrogen) atoms. The highest BCUT2D eigenvalue weighted by atomic mass is 16.3. The molecule has 62 valence electrons. The van der Waals surface area contributed by atoms with Gasteiger partial charge in [-0.25, -0.2) is 0 Å². The van der Waals surface area contributed by atoms with Gasteiger partial charge in [0.2, 0.25) is 0 Å². The fraction of sp³-hybridized carbons (Fsp3) is 0.556. The van der Waals surface area contributed by atoms with Crippen LogP contribution in [0.15, 0.2) is 16.7 Å². The molecule has 1 aromatic heterocycles. The third kappa shape index (κ3) is 2.39. The summed E-state index contributed by atoms with van der Waals surface area (Å²) in [4.78, 5) is 0. The molecule has 0 fully saturated rings. The maximum absolute atomic E-state index is 9.00. The van der Waals surface area contributed by atoms with Gasteiger partial charge in [-0.2, -0.15) is 0 Å². The number of hydrogen-bond donors (Lipinski definition) is 1. The zero-order valence-electron chi connectivity index (χ0n) is 7.00. The third-order valence-electron chi connectivity index (χ3n) is 1.76. The van der Waals surface area contributed by atoms with E-state index in [1.165, 1.54) is 5.56 Å². The van der Waals surface area contributed by atoms with Crippen molar-refractivity contribution in [1.82, 2.24) is 0 Å². The van der Waals surface area contributed by atoms with Gasteiger partial charge in [0, 0.05) is 6.42 Å². The minimum absolute atomic E-state index is 0.237. The largest absolute Gasteiger partial charge is 0.469 e. The minimum atomic E-state index is -0.237. The average Bonchev–Trinajstić information content (AvgIpc) is 2.31. The zero-order valence-corrected chi connectivity index (χ0v) is 7.00. The lowest BCUT2D eigenvalue weighted by molar-refractivity contribution is 0.182. The van der Waals surface area contributed by atoms with E-state index < -0.39 is 0 Å². The fourth-order valence-corrected chi connectivity index (χ4v) is 1.00. The van der Waals surface area contributed by atoms with Crippen LogP contribution in [-0.2, 0) is 6.42 Å². The highest BCUT2D eigenvalue weighted by Gasteiger charge is 2.03. The highest BCUT2D eigenvalue weighted by molar-refractivity contribution is 5.14. The second-order valence-corrected chi connectivity index (χ2v) is 2.91. The van der Waals surface area contributed by atoms with Crippen LogP contribution in [0.25, 0.3) is 0 Å². The van der Waals surface area contributed by atoms with Crippen LogP contribution < -0.4 is 0 Å². The Bertz CT molecular complexity index is 213. The van der Waals surface area contributed by atoms with E-state index >= 15 is 0 Å². The van der Waals surface area contributed by atoms with Crippen molar-refractivity contribution in [3.63, 3.8) is 0 Å². The van der Waals surface area contributed by atoms with E-state index in [-0.39, 0.29) is 6.10 Å². The standard InChI is InChI=1S/C9H14O2/c1-7-5-6-11-9(7)4-3-8(2)10/h5-6,8,10H,3-4H2,1-2H3. The number of aliphatic hydroxyl groups excluding tert-OH is 1. The summed E-state index contributed by atoms with van der Waals surface area (Å²) in [6.07, 6.45) is 3.05.